The van der Waals surface area contributed by atoms with Gasteiger partial charge in [0.25, 0.3) is 0 Å². The molecule has 0 spiro atoms. The Kier molecular flexibility index (Phi) is 5.04. The van der Waals surface area contributed by atoms with E-state index in [4.69, 9.17) is 4.42 Å². The Labute approximate surface area is 194 Å². The minimum atomic E-state index is 0.441. The van der Waals surface area contributed by atoms with Crippen LogP contribution in [-0.4, -0.2) is 0 Å². The molecular formula is C31H25NO. The van der Waals surface area contributed by atoms with Gasteiger partial charge in [-0.15, -0.1) is 0 Å². The van der Waals surface area contributed by atoms with Gasteiger partial charge < -0.3 is 9.32 Å². The predicted molar refractivity (Wildman–Crippen MR) is 139 cm³/mol. The van der Waals surface area contributed by atoms with Gasteiger partial charge in [0.1, 0.15) is 11.2 Å². The second kappa shape index (κ2) is 8.48. The topological polar surface area (TPSA) is 16.4 Å². The number of allylic oxidation sites excluding steroid dienone is 4. The fraction of sp³-hybridized carbons (Fsp3) is 0.0968. The van der Waals surface area contributed by atoms with Crippen molar-refractivity contribution in [2.45, 2.75) is 18.8 Å². The molecule has 0 N–H and O–H groups in total. The van der Waals surface area contributed by atoms with Crippen LogP contribution in [-0.2, 0) is 0 Å². The summed E-state index contributed by atoms with van der Waals surface area (Å²) >= 11 is 0. The fourth-order valence-electron chi connectivity index (χ4n) is 4.73. The fourth-order valence-corrected chi connectivity index (χ4v) is 4.73. The molecule has 0 fully saturated rings. The van der Waals surface area contributed by atoms with E-state index >= 15 is 0 Å². The standard InChI is InChI=1S/C31H25NO/c1-2-5-11-23(10-4-1)24-16-18-26(19-17-24)32(25-12-6-3-7-13-25)27-20-21-31-29(22-27)28-14-8-9-15-30(28)33-31/h1,3-9,11-23H,2,10H2. The highest BCUT2D eigenvalue weighted by Crippen LogP contribution is 2.39. The van der Waals surface area contributed by atoms with Gasteiger partial charge in [-0.1, -0.05) is 72.8 Å². The van der Waals surface area contributed by atoms with Crippen LogP contribution in [0.1, 0.15) is 24.3 Å². The Bertz CT molecular complexity index is 1460. The first kappa shape index (κ1) is 19.6. The molecule has 160 valence electrons. The Morgan fingerprint density at radius 1 is 0.606 bits per heavy atom. The molecule has 2 nitrogen and oxygen atoms in total. The first-order chi connectivity index (χ1) is 16.4. The summed E-state index contributed by atoms with van der Waals surface area (Å²) in [4.78, 5) is 2.31. The number of hydrogen-bond acceptors (Lipinski definition) is 2. The molecule has 5 aromatic rings. The van der Waals surface area contributed by atoms with E-state index in [1.807, 2.05) is 12.1 Å². The summed E-state index contributed by atoms with van der Waals surface area (Å²) in [5.41, 5.74) is 6.58. The zero-order valence-electron chi connectivity index (χ0n) is 18.4. The van der Waals surface area contributed by atoms with Gasteiger partial charge in [-0.05, 0) is 66.9 Å². The van der Waals surface area contributed by atoms with Crippen LogP contribution in [0, 0.1) is 0 Å². The van der Waals surface area contributed by atoms with Gasteiger partial charge in [-0.2, -0.15) is 0 Å². The lowest BCUT2D eigenvalue weighted by atomic mass is 9.95. The predicted octanol–water partition coefficient (Wildman–Crippen LogP) is 9.05. The third kappa shape index (κ3) is 3.74. The molecule has 1 unspecified atom stereocenters. The van der Waals surface area contributed by atoms with Gasteiger partial charge in [0.15, 0.2) is 0 Å². The maximum Gasteiger partial charge on any atom is 0.135 e. The Morgan fingerprint density at radius 2 is 1.33 bits per heavy atom. The summed E-state index contributed by atoms with van der Waals surface area (Å²) in [6.07, 6.45) is 11.2. The largest absolute Gasteiger partial charge is 0.456 e. The Balaban J connectivity index is 1.45. The number of furan rings is 1. The number of benzene rings is 4. The molecule has 1 aliphatic rings. The van der Waals surface area contributed by atoms with E-state index in [0.717, 1.165) is 51.8 Å². The van der Waals surface area contributed by atoms with Crippen LogP contribution in [0.2, 0.25) is 0 Å². The van der Waals surface area contributed by atoms with Crippen molar-refractivity contribution >= 4 is 39.0 Å². The lowest BCUT2D eigenvalue weighted by Gasteiger charge is -2.26. The summed E-state index contributed by atoms with van der Waals surface area (Å²) in [5.74, 6) is 0.441. The number of para-hydroxylation sites is 2. The molecule has 2 heteroatoms. The van der Waals surface area contributed by atoms with Crippen molar-refractivity contribution in [3.8, 4) is 0 Å². The summed E-state index contributed by atoms with van der Waals surface area (Å²) in [5, 5.41) is 2.28. The van der Waals surface area contributed by atoms with E-state index in [1.165, 1.54) is 5.56 Å². The summed E-state index contributed by atoms with van der Waals surface area (Å²) in [7, 11) is 0. The van der Waals surface area contributed by atoms with Crippen molar-refractivity contribution in [3.05, 3.63) is 127 Å². The summed E-state index contributed by atoms with van der Waals surface area (Å²) in [6.45, 7) is 0. The Hall–Kier alpha value is -4.04. The molecule has 0 bridgehead atoms. The average molecular weight is 428 g/mol. The van der Waals surface area contributed by atoms with E-state index in [1.54, 1.807) is 0 Å². The van der Waals surface area contributed by atoms with Crippen molar-refractivity contribution in [1.82, 2.24) is 0 Å². The third-order valence-electron chi connectivity index (χ3n) is 6.41. The van der Waals surface area contributed by atoms with E-state index in [2.05, 4.69) is 114 Å². The first-order valence-electron chi connectivity index (χ1n) is 11.5. The molecule has 0 aliphatic heterocycles. The normalized spacial score (nSPS) is 15.7. The lowest BCUT2D eigenvalue weighted by molar-refractivity contribution is 0.669. The van der Waals surface area contributed by atoms with E-state index in [0.29, 0.717) is 5.92 Å². The van der Waals surface area contributed by atoms with Crippen molar-refractivity contribution < 1.29 is 4.42 Å². The SMILES string of the molecule is C1=CCC(c2ccc(N(c3ccccc3)c3ccc4oc5ccccc5c4c3)cc2)C=CC1. The van der Waals surface area contributed by atoms with E-state index in [-0.39, 0.29) is 0 Å². The maximum atomic E-state index is 6.06. The maximum absolute atomic E-state index is 6.06. The lowest BCUT2D eigenvalue weighted by Crippen LogP contribution is -2.10. The number of anilines is 3. The zero-order valence-corrected chi connectivity index (χ0v) is 18.4. The van der Waals surface area contributed by atoms with Crippen LogP contribution in [0.3, 0.4) is 0 Å². The van der Waals surface area contributed by atoms with Crippen molar-refractivity contribution in [2.24, 2.45) is 0 Å². The van der Waals surface area contributed by atoms with Gasteiger partial charge in [-0.25, -0.2) is 0 Å². The average Bonchev–Trinajstić information content (AvgIpc) is 3.03. The van der Waals surface area contributed by atoms with Crippen LogP contribution in [0.4, 0.5) is 17.1 Å². The molecule has 0 saturated carbocycles. The molecule has 0 radical (unpaired) electrons. The quantitative estimate of drug-likeness (QED) is 0.266. The van der Waals surface area contributed by atoms with Crippen molar-refractivity contribution in [2.75, 3.05) is 4.90 Å². The second-order valence-electron chi connectivity index (χ2n) is 8.52. The van der Waals surface area contributed by atoms with Gasteiger partial charge in [-0.3, -0.25) is 0 Å². The minimum absolute atomic E-state index is 0.441. The van der Waals surface area contributed by atoms with Gasteiger partial charge >= 0.3 is 0 Å². The zero-order chi connectivity index (χ0) is 22.0. The highest BCUT2D eigenvalue weighted by atomic mass is 16.3. The molecule has 1 aromatic heterocycles. The van der Waals surface area contributed by atoms with Crippen LogP contribution in [0.15, 0.2) is 126 Å². The van der Waals surface area contributed by atoms with Gasteiger partial charge in [0, 0.05) is 33.8 Å². The van der Waals surface area contributed by atoms with Crippen LogP contribution in [0.5, 0.6) is 0 Å². The number of rotatable bonds is 4. The molecule has 0 saturated heterocycles. The molecule has 6 rings (SSSR count). The van der Waals surface area contributed by atoms with Crippen LogP contribution in [0.25, 0.3) is 21.9 Å². The van der Waals surface area contributed by atoms with E-state index < -0.39 is 0 Å². The van der Waals surface area contributed by atoms with Crippen LogP contribution >= 0.6 is 0 Å². The van der Waals surface area contributed by atoms with Crippen molar-refractivity contribution in [3.63, 3.8) is 0 Å². The van der Waals surface area contributed by atoms with Crippen molar-refractivity contribution in [1.29, 1.82) is 0 Å². The molecule has 1 atom stereocenters. The van der Waals surface area contributed by atoms with E-state index in [9.17, 15) is 0 Å². The molecule has 4 aromatic carbocycles. The molecule has 1 aliphatic carbocycles. The monoisotopic (exact) mass is 427 g/mol. The molecule has 33 heavy (non-hydrogen) atoms. The highest BCUT2D eigenvalue weighted by molar-refractivity contribution is 6.06. The molecule has 1 heterocycles. The Morgan fingerprint density at radius 3 is 2.21 bits per heavy atom. The van der Waals surface area contributed by atoms with Crippen LogP contribution < -0.4 is 4.90 Å². The smallest absolute Gasteiger partial charge is 0.135 e. The molecular weight excluding hydrogens is 402 g/mol. The second-order valence-corrected chi connectivity index (χ2v) is 8.52. The highest BCUT2D eigenvalue weighted by Gasteiger charge is 2.16. The van der Waals surface area contributed by atoms with Gasteiger partial charge in [0.05, 0.1) is 0 Å². The molecule has 0 amide bonds. The summed E-state index contributed by atoms with van der Waals surface area (Å²) in [6, 6.07) is 34.3. The first-order valence-corrected chi connectivity index (χ1v) is 11.5. The number of nitrogens with zero attached hydrogens (tertiary/aromatic N) is 1. The number of fused-ring (bicyclic) bond motifs is 3. The summed E-state index contributed by atoms with van der Waals surface area (Å²) < 4.78 is 6.06. The minimum Gasteiger partial charge on any atom is -0.456 e. The van der Waals surface area contributed by atoms with Gasteiger partial charge in [0.2, 0.25) is 0 Å². The number of hydrogen-bond donors (Lipinski definition) is 0. The third-order valence-corrected chi connectivity index (χ3v) is 6.41.